The van der Waals surface area contributed by atoms with Crippen molar-refractivity contribution in [1.82, 2.24) is 9.55 Å². The Morgan fingerprint density at radius 2 is 2.24 bits per heavy atom. The molecule has 5 nitrogen and oxygen atoms in total. The van der Waals surface area contributed by atoms with E-state index in [1.807, 2.05) is 24.7 Å². The maximum atomic E-state index is 11.7. The molecule has 0 bridgehead atoms. The number of carbonyl (C=O) groups is 1. The van der Waals surface area contributed by atoms with Gasteiger partial charge in [0.05, 0.1) is 30.7 Å². The SMILES string of the molecule is CCCn1cncc1CNc1cccc(C(=O)OCC)c1. The van der Waals surface area contributed by atoms with Gasteiger partial charge in [-0.15, -0.1) is 0 Å². The van der Waals surface area contributed by atoms with Crippen molar-refractivity contribution in [2.24, 2.45) is 0 Å². The molecule has 1 aromatic carbocycles. The molecule has 0 aliphatic heterocycles. The lowest BCUT2D eigenvalue weighted by atomic mass is 10.2. The molecule has 1 heterocycles. The van der Waals surface area contributed by atoms with Crippen molar-refractivity contribution < 1.29 is 9.53 Å². The molecule has 2 aromatic rings. The molecule has 21 heavy (non-hydrogen) atoms. The highest BCUT2D eigenvalue weighted by Gasteiger charge is 2.07. The molecule has 0 aliphatic rings. The van der Waals surface area contributed by atoms with Crippen LogP contribution in [0.3, 0.4) is 0 Å². The fourth-order valence-corrected chi connectivity index (χ4v) is 2.10. The first-order valence-electron chi connectivity index (χ1n) is 7.24. The zero-order chi connectivity index (χ0) is 15.1. The minimum absolute atomic E-state index is 0.294. The van der Waals surface area contributed by atoms with Gasteiger partial charge in [-0.25, -0.2) is 9.78 Å². The summed E-state index contributed by atoms with van der Waals surface area (Å²) in [6, 6.07) is 7.34. The van der Waals surface area contributed by atoms with E-state index in [-0.39, 0.29) is 5.97 Å². The minimum Gasteiger partial charge on any atom is -0.462 e. The van der Waals surface area contributed by atoms with Gasteiger partial charge in [0.2, 0.25) is 0 Å². The fraction of sp³-hybridized carbons (Fsp3) is 0.375. The van der Waals surface area contributed by atoms with Gasteiger partial charge in [-0.1, -0.05) is 13.0 Å². The number of benzene rings is 1. The Balaban J connectivity index is 2.01. The van der Waals surface area contributed by atoms with Crippen molar-refractivity contribution in [3.8, 4) is 0 Å². The van der Waals surface area contributed by atoms with Crippen LogP contribution in [0.4, 0.5) is 5.69 Å². The maximum absolute atomic E-state index is 11.7. The van der Waals surface area contributed by atoms with Gasteiger partial charge in [0, 0.05) is 18.4 Å². The molecule has 0 saturated carbocycles. The molecule has 1 aromatic heterocycles. The van der Waals surface area contributed by atoms with Gasteiger partial charge >= 0.3 is 5.97 Å². The van der Waals surface area contributed by atoms with Gasteiger partial charge < -0.3 is 14.6 Å². The number of ether oxygens (including phenoxy) is 1. The molecule has 0 spiro atoms. The highest BCUT2D eigenvalue weighted by molar-refractivity contribution is 5.90. The molecule has 0 aliphatic carbocycles. The van der Waals surface area contributed by atoms with Crippen molar-refractivity contribution in [2.75, 3.05) is 11.9 Å². The number of hydrogen-bond donors (Lipinski definition) is 1. The number of hydrogen-bond acceptors (Lipinski definition) is 4. The van der Waals surface area contributed by atoms with Gasteiger partial charge in [0.1, 0.15) is 0 Å². The molecule has 0 amide bonds. The standard InChI is InChI=1S/C16H21N3O2/c1-3-8-19-12-17-10-15(19)11-18-14-7-5-6-13(9-14)16(20)21-4-2/h5-7,9-10,12,18H,3-4,8,11H2,1-2H3. The normalized spacial score (nSPS) is 10.4. The van der Waals surface area contributed by atoms with E-state index in [0.717, 1.165) is 24.3 Å². The van der Waals surface area contributed by atoms with Crippen LogP contribution in [-0.2, 0) is 17.8 Å². The molecule has 0 fully saturated rings. The van der Waals surface area contributed by atoms with Crippen LogP contribution in [0.5, 0.6) is 0 Å². The average Bonchev–Trinajstić information content (AvgIpc) is 2.93. The van der Waals surface area contributed by atoms with Crippen LogP contribution in [0.25, 0.3) is 0 Å². The van der Waals surface area contributed by atoms with Crippen LogP contribution in [0.15, 0.2) is 36.8 Å². The second-order valence-corrected chi connectivity index (χ2v) is 4.73. The molecule has 1 N–H and O–H groups in total. The summed E-state index contributed by atoms with van der Waals surface area (Å²) in [5.41, 5.74) is 2.58. The van der Waals surface area contributed by atoms with Crippen LogP contribution in [-0.4, -0.2) is 22.1 Å². The molecule has 0 unspecified atom stereocenters. The lowest BCUT2D eigenvalue weighted by Crippen LogP contribution is -2.08. The Morgan fingerprint density at radius 1 is 1.38 bits per heavy atom. The maximum Gasteiger partial charge on any atom is 0.338 e. The number of nitrogens with zero attached hydrogens (tertiary/aromatic N) is 2. The summed E-state index contributed by atoms with van der Waals surface area (Å²) in [7, 11) is 0. The van der Waals surface area contributed by atoms with Gasteiger partial charge in [-0.2, -0.15) is 0 Å². The number of anilines is 1. The Morgan fingerprint density at radius 3 is 3.00 bits per heavy atom. The topological polar surface area (TPSA) is 56.2 Å². The molecule has 5 heteroatoms. The molecular formula is C16H21N3O2. The third-order valence-electron chi connectivity index (χ3n) is 3.11. The fourth-order valence-electron chi connectivity index (χ4n) is 2.10. The molecule has 112 valence electrons. The van der Waals surface area contributed by atoms with Crippen molar-refractivity contribution in [2.45, 2.75) is 33.4 Å². The first-order valence-corrected chi connectivity index (χ1v) is 7.24. The van der Waals surface area contributed by atoms with E-state index < -0.39 is 0 Å². The zero-order valence-electron chi connectivity index (χ0n) is 12.5. The Hall–Kier alpha value is -2.30. The van der Waals surface area contributed by atoms with Crippen molar-refractivity contribution in [3.63, 3.8) is 0 Å². The molecule has 0 saturated heterocycles. The number of aromatic nitrogens is 2. The Labute approximate surface area is 125 Å². The van der Waals surface area contributed by atoms with Crippen molar-refractivity contribution in [3.05, 3.63) is 48.0 Å². The van der Waals surface area contributed by atoms with Crippen LogP contribution in [0.1, 0.15) is 36.3 Å². The Bertz CT molecular complexity index is 593. The summed E-state index contributed by atoms with van der Waals surface area (Å²) >= 11 is 0. The molecule has 0 atom stereocenters. The van der Waals surface area contributed by atoms with E-state index >= 15 is 0 Å². The van der Waals surface area contributed by atoms with Crippen LogP contribution >= 0.6 is 0 Å². The van der Waals surface area contributed by atoms with Crippen molar-refractivity contribution in [1.29, 1.82) is 0 Å². The third-order valence-corrected chi connectivity index (χ3v) is 3.11. The first-order chi connectivity index (χ1) is 10.2. The van der Waals surface area contributed by atoms with Crippen LogP contribution < -0.4 is 5.32 Å². The third kappa shape index (κ3) is 4.08. The highest BCUT2D eigenvalue weighted by atomic mass is 16.5. The van der Waals surface area contributed by atoms with E-state index in [9.17, 15) is 4.79 Å². The monoisotopic (exact) mass is 287 g/mol. The van der Waals surface area contributed by atoms with E-state index in [1.165, 1.54) is 0 Å². The average molecular weight is 287 g/mol. The zero-order valence-corrected chi connectivity index (χ0v) is 12.5. The van der Waals surface area contributed by atoms with E-state index in [4.69, 9.17) is 4.74 Å². The van der Waals surface area contributed by atoms with E-state index in [1.54, 1.807) is 19.1 Å². The van der Waals surface area contributed by atoms with Gasteiger partial charge in [0.25, 0.3) is 0 Å². The smallest absolute Gasteiger partial charge is 0.338 e. The second-order valence-electron chi connectivity index (χ2n) is 4.73. The summed E-state index contributed by atoms with van der Waals surface area (Å²) in [6.45, 7) is 5.95. The first kappa shape index (κ1) is 15.1. The second kappa shape index (κ2) is 7.47. The lowest BCUT2D eigenvalue weighted by Gasteiger charge is -2.10. The van der Waals surface area contributed by atoms with E-state index in [0.29, 0.717) is 18.7 Å². The number of rotatable bonds is 7. The molecule has 2 rings (SSSR count). The van der Waals surface area contributed by atoms with Gasteiger partial charge in [-0.05, 0) is 31.5 Å². The number of esters is 1. The molecule has 0 radical (unpaired) electrons. The summed E-state index contributed by atoms with van der Waals surface area (Å²) in [5.74, 6) is -0.294. The molecular weight excluding hydrogens is 266 g/mol. The largest absolute Gasteiger partial charge is 0.462 e. The summed E-state index contributed by atoms with van der Waals surface area (Å²) < 4.78 is 7.13. The highest BCUT2D eigenvalue weighted by Crippen LogP contribution is 2.13. The summed E-state index contributed by atoms with van der Waals surface area (Å²) in [5, 5.41) is 3.31. The Kier molecular flexibility index (Phi) is 5.37. The lowest BCUT2D eigenvalue weighted by molar-refractivity contribution is 0.0526. The summed E-state index contributed by atoms with van der Waals surface area (Å²) in [6.07, 6.45) is 4.77. The van der Waals surface area contributed by atoms with Crippen LogP contribution in [0, 0.1) is 0 Å². The number of carbonyl (C=O) groups excluding carboxylic acids is 1. The van der Waals surface area contributed by atoms with E-state index in [2.05, 4.69) is 21.8 Å². The predicted octanol–water partition coefficient (Wildman–Crippen LogP) is 3.08. The van der Waals surface area contributed by atoms with Crippen LogP contribution in [0.2, 0.25) is 0 Å². The number of imidazole rings is 1. The predicted molar refractivity (Wildman–Crippen MR) is 82.2 cm³/mol. The minimum atomic E-state index is -0.294. The van der Waals surface area contributed by atoms with Crippen molar-refractivity contribution >= 4 is 11.7 Å². The van der Waals surface area contributed by atoms with Gasteiger partial charge in [-0.3, -0.25) is 0 Å². The quantitative estimate of drug-likeness (QED) is 0.795. The summed E-state index contributed by atoms with van der Waals surface area (Å²) in [4.78, 5) is 15.9. The number of nitrogens with one attached hydrogen (secondary N) is 1. The van der Waals surface area contributed by atoms with Gasteiger partial charge in [0.15, 0.2) is 0 Å². The number of aryl methyl sites for hydroxylation is 1.